The lowest BCUT2D eigenvalue weighted by Gasteiger charge is -2.39. The molecule has 0 unspecified atom stereocenters. The zero-order chi connectivity index (χ0) is 26.6. The molecule has 0 amide bonds. The number of aromatic nitrogens is 4. The van der Waals surface area contributed by atoms with Crippen LogP contribution < -0.4 is 0 Å². The Morgan fingerprint density at radius 3 is 2.26 bits per heavy atom. The number of nitrogens with zero attached hydrogens (tertiary/aromatic N) is 6. The molecule has 196 valence electrons. The van der Waals surface area contributed by atoms with Gasteiger partial charge in [-0.15, -0.1) is 5.10 Å². The van der Waals surface area contributed by atoms with Crippen LogP contribution in [0.15, 0.2) is 97.1 Å². The van der Waals surface area contributed by atoms with Gasteiger partial charge < -0.3 is 0 Å². The van der Waals surface area contributed by atoms with Gasteiger partial charge in [-0.1, -0.05) is 103 Å². The third-order valence-electron chi connectivity index (χ3n) is 7.75. The number of piperazine rings is 1. The van der Waals surface area contributed by atoms with Crippen molar-refractivity contribution in [2.75, 3.05) is 32.7 Å². The Kier molecular flexibility index (Phi) is 7.30. The molecule has 6 nitrogen and oxygen atoms in total. The van der Waals surface area contributed by atoms with Crippen LogP contribution in [0.4, 0.5) is 0 Å². The lowest BCUT2D eigenvalue weighted by Crippen LogP contribution is -2.48. The molecule has 1 aromatic heterocycles. The van der Waals surface area contributed by atoms with Crippen LogP contribution in [0.1, 0.15) is 34.1 Å². The van der Waals surface area contributed by atoms with Gasteiger partial charge in [0.2, 0.25) is 0 Å². The van der Waals surface area contributed by atoms with E-state index in [1.165, 1.54) is 21.9 Å². The smallest absolute Gasteiger partial charge is 0.178 e. The van der Waals surface area contributed by atoms with Gasteiger partial charge in [-0.25, -0.2) is 0 Å². The highest BCUT2D eigenvalue weighted by molar-refractivity contribution is 5.86. The summed E-state index contributed by atoms with van der Waals surface area (Å²) in [7, 11) is 0. The van der Waals surface area contributed by atoms with Crippen molar-refractivity contribution >= 4 is 16.8 Å². The summed E-state index contributed by atoms with van der Waals surface area (Å²) in [5.74, 6) is 0.862. The van der Waals surface area contributed by atoms with E-state index in [1.54, 1.807) is 0 Å². The lowest BCUT2D eigenvalue weighted by atomic mass is 9.96. The third kappa shape index (κ3) is 5.26. The van der Waals surface area contributed by atoms with Crippen LogP contribution in [-0.4, -0.2) is 62.7 Å². The Morgan fingerprint density at radius 2 is 1.46 bits per heavy atom. The van der Waals surface area contributed by atoms with Gasteiger partial charge in [0, 0.05) is 32.7 Å². The van der Waals surface area contributed by atoms with Crippen molar-refractivity contribution in [3.8, 4) is 5.69 Å². The van der Waals surface area contributed by atoms with Crippen molar-refractivity contribution in [2.24, 2.45) is 0 Å². The second-order valence-electron chi connectivity index (χ2n) is 10.3. The van der Waals surface area contributed by atoms with E-state index < -0.39 is 0 Å². The number of hydrogen-bond acceptors (Lipinski definition) is 5. The fraction of sp³-hybridized carbons (Fsp3) is 0.242. The quantitative estimate of drug-likeness (QED) is 0.273. The fourth-order valence-electron chi connectivity index (χ4n) is 5.76. The molecule has 1 saturated heterocycles. The van der Waals surface area contributed by atoms with Crippen LogP contribution >= 0.6 is 0 Å². The van der Waals surface area contributed by atoms with Crippen molar-refractivity contribution in [1.29, 1.82) is 0 Å². The Balaban J connectivity index is 1.33. The summed E-state index contributed by atoms with van der Waals surface area (Å²) in [6, 6.07) is 32.0. The van der Waals surface area contributed by atoms with Gasteiger partial charge >= 0.3 is 0 Å². The minimum Gasteiger partial charge on any atom is -0.297 e. The predicted molar refractivity (Wildman–Crippen MR) is 158 cm³/mol. The number of para-hydroxylation sites is 1. The molecule has 39 heavy (non-hydrogen) atoms. The second kappa shape index (κ2) is 11.3. The molecule has 2 heterocycles. The Hall–Kier alpha value is -4.13. The van der Waals surface area contributed by atoms with Gasteiger partial charge in [-0.3, -0.25) is 9.80 Å². The number of benzene rings is 4. The van der Waals surface area contributed by atoms with Gasteiger partial charge in [-0.2, -0.15) is 4.68 Å². The van der Waals surface area contributed by atoms with E-state index >= 15 is 0 Å². The van der Waals surface area contributed by atoms with E-state index in [4.69, 9.17) is 0 Å². The zero-order valence-electron chi connectivity index (χ0n) is 22.6. The average molecular weight is 515 g/mol. The lowest BCUT2D eigenvalue weighted by molar-refractivity contribution is 0.114. The summed E-state index contributed by atoms with van der Waals surface area (Å²) in [4.78, 5) is 5.07. The third-order valence-corrected chi connectivity index (χ3v) is 7.75. The highest BCUT2D eigenvalue weighted by atomic mass is 15.6. The first kappa shape index (κ1) is 25.2. The topological polar surface area (TPSA) is 50.1 Å². The molecule has 0 spiro atoms. The number of fused-ring (bicyclic) bond motifs is 1. The summed E-state index contributed by atoms with van der Waals surface area (Å²) < 4.78 is 1.96. The molecule has 0 N–H and O–H groups in total. The van der Waals surface area contributed by atoms with Crippen molar-refractivity contribution in [2.45, 2.75) is 19.9 Å². The average Bonchev–Trinajstić information content (AvgIpc) is 3.43. The maximum Gasteiger partial charge on any atom is 0.178 e. The van der Waals surface area contributed by atoms with Crippen LogP contribution in [0.3, 0.4) is 0 Å². The SMILES string of the molecule is Cc1cccc(C)c1-n1nnnc1[C@@H](c1cccc2ccccc12)N1CCN(CC=Cc2ccccc2)CC1. The molecule has 0 bridgehead atoms. The molecule has 4 aromatic carbocycles. The van der Waals surface area contributed by atoms with E-state index in [0.717, 1.165) is 55.4 Å². The molecule has 1 aliphatic heterocycles. The van der Waals surface area contributed by atoms with Gasteiger partial charge in [0.05, 0.1) is 11.7 Å². The predicted octanol–water partition coefficient (Wildman–Crippen LogP) is 5.85. The Morgan fingerprint density at radius 1 is 0.769 bits per heavy atom. The van der Waals surface area contributed by atoms with E-state index in [9.17, 15) is 0 Å². The van der Waals surface area contributed by atoms with Gasteiger partial charge in [0.25, 0.3) is 0 Å². The van der Waals surface area contributed by atoms with Gasteiger partial charge in [-0.05, 0) is 57.3 Å². The summed E-state index contributed by atoms with van der Waals surface area (Å²) in [6.07, 6.45) is 4.48. The largest absolute Gasteiger partial charge is 0.297 e. The van der Waals surface area contributed by atoms with Crippen LogP contribution in [0, 0.1) is 13.8 Å². The van der Waals surface area contributed by atoms with Gasteiger partial charge in [0.15, 0.2) is 5.82 Å². The van der Waals surface area contributed by atoms with Crippen LogP contribution in [0.5, 0.6) is 0 Å². The first-order valence-electron chi connectivity index (χ1n) is 13.7. The minimum atomic E-state index is -0.0629. The summed E-state index contributed by atoms with van der Waals surface area (Å²) in [5.41, 5.74) is 5.87. The van der Waals surface area contributed by atoms with Crippen molar-refractivity contribution in [1.82, 2.24) is 30.0 Å². The van der Waals surface area contributed by atoms with Crippen LogP contribution in [0.25, 0.3) is 22.5 Å². The van der Waals surface area contributed by atoms with Crippen molar-refractivity contribution in [3.63, 3.8) is 0 Å². The molecule has 6 heteroatoms. The van der Waals surface area contributed by atoms with Crippen LogP contribution in [0.2, 0.25) is 0 Å². The van der Waals surface area contributed by atoms with E-state index in [-0.39, 0.29) is 6.04 Å². The first-order chi connectivity index (χ1) is 19.2. The molecule has 0 radical (unpaired) electrons. The second-order valence-corrected chi connectivity index (χ2v) is 10.3. The molecule has 1 atom stereocenters. The summed E-state index contributed by atoms with van der Waals surface area (Å²) in [6.45, 7) is 9.06. The standard InChI is InChI=1S/C33H34N6/c1-25-11-8-12-26(2)31(25)39-33(34-35-36-39)32(30-19-9-17-28-16-6-7-18-29(28)30)38-23-21-37(22-24-38)20-10-15-27-13-4-3-5-14-27/h3-19,32H,20-24H2,1-2H3/t32-/m1/s1. The first-order valence-corrected chi connectivity index (χ1v) is 13.7. The summed E-state index contributed by atoms with van der Waals surface area (Å²) >= 11 is 0. The monoisotopic (exact) mass is 514 g/mol. The Labute approximate surface area is 230 Å². The zero-order valence-corrected chi connectivity index (χ0v) is 22.6. The molecular weight excluding hydrogens is 480 g/mol. The normalized spacial score (nSPS) is 15.7. The maximum absolute atomic E-state index is 4.67. The highest BCUT2D eigenvalue weighted by Gasteiger charge is 2.32. The number of aryl methyl sites for hydroxylation is 2. The molecular formula is C33H34N6. The van der Waals surface area contributed by atoms with Crippen molar-refractivity contribution < 1.29 is 0 Å². The summed E-state index contributed by atoms with van der Waals surface area (Å²) in [5, 5.41) is 15.9. The molecule has 6 rings (SSSR count). The highest BCUT2D eigenvalue weighted by Crippen LogP contribution is 2.34. The van der Waals surface area contributed by atoms with E-state index in [1.807, 2.05) is 4.68 Å². The van der Waals surface area contributed by atoms with E-state index in [0.29, 0.717) is 0 Å². The number of rotatable bonds is 7. The minimum absolute atomic E-state index is 0.0629. The Bertz CT molecular complexity index is 1560. The molecule has 0 saturated carbocycles. The van der Waals surface area contributed by atoms with E-state index in [2.05, 4.69) is 142 Å². The van der Waals surface area contributed by atoms with Gasteiger partial charge in [0.1, 0.15) is 0 Å². The molecule has 0 aliphatic carbocycles. The molecule has 1 aliphatic rings. The molecule has 1 fully saturated rings. The fourth-order valence-corrected chi connectivity index (χ4v) is 5.76. The molecule has 5 aromatic rings. The van der Waals surface area contributed by atoms with Crippen molar-refractivity contribution in [3.05, 3.63) is 125 Å². The number of hydrogen-bond donors (Lipinski definition) is 0. The maximum atomic E-state index is 4.67. The number of tetrazole rings is 1. The van der Waals surface area contributed by atoms with Crippen LogP contribution in [-0.2, 0) is 0 Å².